The molecule has 5 heteroatoms. The summed E-state index contributed by atoms with van der Waals surface area (Å²) in [7, 11) is 0. The van der Waals surface area contributed by atoms with E-state index in [-0.39, 0.29) is 18.4 Å². The minimum atomic E-state index is -0.222. The molecule has 0 radical (unpaired) electrons. The molecule has 0 fully saturated rings. The highest BCUT2D eigenvalue weighted by Gasteiger charge is 2.25. The highest BCUT2D eigenvalue weighted by Crippen LogP contribution is 2.21. The van der Waals surface area contributed by atoms with E-state index in [0.717, 1.165) is 16.8 Å². The van der Waals surface area contributed by atoms with Crippen LogP contribution in [-0.4, -0.2) is 28.2 Å². The third-order valence-electron chi connectivity index (χ3n) is 3.49. The molecule has 1 aliphatic rings. The van der Waals surface area contributed by atoms with Crippen molar-refractivity contribution in [1.82, 2.24) is 9.88 Å². The zero-order valence-corrected chi connectivity index (χ0v) is 11.7. The smallest absolute Gasteiger partial charge is 0.273 e. The molecule has 3 rings (SSSR count). The van der Waals surface area contributed by atoms with Crippen molar-refractivity contribution in [2.45, 2.75) is 13.5 Å². The molecule has 1 aromatic heterocycles. The third-order valence-corrected chi connectivity index (χ3v) is 3.49. The van der Waals surface area contributed by atoms with E-state index in [0.29, 0.717) is 12.2 Å². The van der Waals surface area contributed by atoms with E-state index in [9.17, 15) is 9.59 Å². The van der Waals surface area contributed by atoms with Gasteiger partial charge < -0.3 is 10.2 Å². The van der Waals surface area contributed by atoms with Gasteiger partial charge in [-0.3, -0.25) is 14.6 Å². The van der Waals surface area contributed by atoms with Gasteiger partial charge in [0.1, 0.15) is 12.2 Å². The molecule has 0 spiro atoms. The number of anilines is 1. The van der Waals surface area contributed by atoms with Crippen molar-refractivity contribution in [3.8, 4) is 0 Å². The molecule has 0 bridgehead atoms. The number of rotatable bonds is 1. The van der Waals surface area contributed by atoms with Crippen LogP contribution in [0.1, 0.15) is 21.6 Å². The van der Waals surface area contributed by atoms with Crippen molar-refractivity contribution in [3.05, 3.63) is 59.4 Å². The van der Waals surface area contributed by atoms with E-state index in [1.165, 1.54) is 4.90 Å². The van der Waals surface area contributed by atoms with Gasteiger partial charge in [0.05, 0.1) is 0 Å². The Hall–Kier alpha value is -2.69. The molecule has 0 unspecified atom stereocenters. The fourth-order valence-corrected chi connectivity index (χ4v) is 2.41. The first-order valence-electron chi connectivity index (χ1n) is 6.74. The summed E-state index contributed by atoms with van der Waals surface area (Å²) in [6.45, 7) is 2.26. The normalized spacial score (nSPS) is 14.1. The van der Waals surface area contributed by atoms with E-state index in [2.05, 4.69) is 10.3 Å². The van der Waals surface area contributed by atoms with Gasteiger partial charge in [-0.1, -0.05) is 24.3 Å². The maximum absolute atomic E-state index is 12.6. The maximum Gasteiger partial charge on any atom is 0.273 e. The van der Waals surface area contributed by atoms with Crippen molar-refractivity contribution in [2.75, 3.05) is 11.9 Å². The lowest BCUT2D eigenvalue weighted by Gasteiger charge is -2.19. The lowest BCUT2D eigenvalue weighted by atomic mass is 10.1. The first kappa shape index (κ1) is 13.3. The number of pyridine rings is 1. The number of nitrogens with one attached hydrogen (secondary N) is 1. The predicted octanol–water partition coefficient (Wildman–Crippen LogP) is 1.98. The number of para-hydroxylation sites is 1. The van der Waals surface area contributed by atoms with Crippen LogP contribution in [0.3, 0.4) is 0 Å². The molecule has 1 N–H and O–H groups in total. The largest absolute Gasteiger partial charge is 0.324 e. The van der Waals surface area contributed by atoms with E-state index in [1.54, 1.807) is 12.3 Å². The van der Waals surface area contributed by atoms with Gasteiger partial charge in [0.15, 0.2) is 0 Å². The first-order valence-corrected chi connectivity index (χ1v) is 6.74. The zero-order valence-electron chi connectivity index (χ0n) is 11.7. The average Bonchev–Trinajstić information content (AvgIpc) is 2.65. The van der Waals surface area contributed by atoms with Gasteiger partial charge in [-0.2, -0.15) is 0 Å². The first-order chi connectivity index (χ1) is 10.1. The zero-order chi connectivity index (χ0) is 14.8. The molecule has 0 saturated carbocycles. The number of fused-ring (bicyclic) bond motifs is 1. The van der Waals surface area contributed by atoms with Gasteiger partial charge in [-0.25, -0.2) is 0 Å². The Labute approximate surface area is 122 Å². The summed E-state index contributed by atoms with van der Waals surface area (Å²) in [6, 6.07) is 11.1. The molecule has 106 valence electrons. The standard InChI is InChI=1S/C16H15N3O2/c1-11-5-4-8-17-15(11)16(21)19-9-12-6-2-3-7-13(12)18-14(20)10-19/h2-8H,9-10H2,1H3,(H,18,20). The Balaban J connectivity index is 1.94. The van der Waals surface area contributed by atoms with Crippen LogP contribution >= 0.6 is 0 Å². The molecule has 2 heterocycles. The summed E-state index contributed by atoms with van der Waals surface area (Å²) in [5, 5.41) is 2.82. The Morgan fingerprint density at radius 2 is 2.00 bits per heavy atom. The Morgan fingerprint density at radius 3 is 2.81 bits per heavy atom. The molecule has 2 aromatic rings. The Bertz CT molecular complexity index is 712. The van der Waals surface area contributed by atoms with Crippen LogP contribution in [0.4, 0.5) is 5.69 Å². The molecular formula is C16H15N3O2. The van der Waals surface area contributed by atoms with E-state index >= 15 is 0 Å². The number of aryl methyl sites for hydroxylation is 1. The summed E-state index contributed by atoms with van der Waals surface area (Å²) in [4.78, 5) is 30.2. The van der Waals surface area contributed by atoms with Crippen molar-refractivity contribution in [2.24, 2.45) is 0 Å². The highest BCUT2D eigenvalue weighted by molar-refractivity contribution is 6.00. The SMILES string of the molecule is Cc1cccnc1C(=O)N1CC(=O)Nc2ccccc2C1. The van der Waals surface area contributed by atoms with Crippen LogP contribution in [0, 0.1) is 6.92 Å². The molecule has 1 aromatic carbocycles. The fraction of sp³-hybridized carbons (Fsp3) is 0.188. The molecule has 1 aliphatic heterocycles. The summed E-state index contributed by atoms with van der Waals surface area (Å²) >= 11 is 0. The van der Waals surface area contributed by atoms with Crippen LogP contribution < -0.4 is 5.32 Å². The number of hydrogen-bond acceptors (Lipinski definition) is 3. The Kier molecular flexibility index (Phi) is 3.39. The number of amides is 2. The lowest BCUT2D eigenvalue weighted by molar-refractivity contribution is -0.116. The van der Waals surface area contributed by atoms with Gasteiger partial charge in [0.2, 0.25) is 5.91 Å². The van der Waals surface area contributed by atoms with Crippen molar-refractivity contribution >= 4 is 17.5 Å². The van der Waals surface area contributed by atoms with Gasteiger partial charge in [0.25, 0.3) is 5.91 Å². The second-order valence-electron chi connectivity index (χ2n) is 5.04. The van der Waals surface area contributed by atoms with Gasteiger partial charge >= 0.3 is 0 Å². The highest BCUT2D eigenvalue weighted by atomic mass is 16.2. The molecule has 21 heavy (non-hydrogen) atoms. The number of benzene rings is 1. The number of carbonyl (C=O) groups is 2. The van der Waals surface area contributed by atoms with Crippen molar-refractivity contribution in [1.29, 1.82) is 0 Å². The molecule has 2 amide bonds. The molecule has 5 nitrogen and oxygen atoms in total. The molecule has 0 atom stereocenters. The Morgan fingerprint density at radius 1 is 1.19 bits per heavy atom. The fourth-order valence-electron chi connectivity index (χ4n) is 2.41. The average molecular weight is 281 g/mol. The van der Waals surface area contributed by atoms with Crippen molar-refractivity contribution in [3.63, 3.8) is 0 Å². The van der Waals surface area contributed by atoms with Crippen LogP contribution in [0.25, 0.3) is 0 Å². The summed E-state index contributed by atoms with van der Waals surface area (Å²) in [5.74, 6) is -0.415. The number of aromatic nitrogens is 1. The van der Waals surface area contributed by atoms with E-state index < -0.39 is 0 Å². The van der Waals surface area contributed by atoms with E-state index in [4.69, 9.17) is 0 Å². The molecular weight excluding hydrogens is 266 g/mol. The second kappa shape index (κ2) is 5.36. The van der Waals surface area contributed by atoms with Crippen LogP contribution in [0.5, 0.6) is 0 Å². The topological polar surface area (TPSA) is 62.3 Å². The van der Waals surface area contributed by atoms with E-state index in [1.807, 2.05) is 37.3 Å². The maximum atomic E-state index is 12.6. The third kappa shape index (κ3) is 2.63. The summed E-state index contributed by atoms with van der Waals surface area (Å²) in [6.07, 6.45) is 1.59. The van der Waals surface area contributed by atoms with Crippen LogP contribution in [0.2, 0.25) is 0 Å². The van der Waals surface area contributed by atoms with Gasteiger partial charge in [-0.05, 0) is 30.2 Å². The van der Waals surface area contributed by atoms with Crippen LogP contribution in [-0.2, 0) is 11.3 Å². The predicted molar refractivity (Wildman–Crippen MR) is 78.8 cm³/mol. The monoisotopic (exact) mass is 281 g/mol. The second-order valence-corrected chi connectivity index (χ2v) is 5.04. The molecule has 0 aliphatic carbocycles. The van der Waals surface area contributed by atoms with Gasteiger partial charge in [-0.15, -0.1) is 0 Å². The van der Waals surface area contributed by atoms with Crippen LogP contribution in [0.15, 0.2) is 42.6 Å². The number of carbonyl (C=O) groups excluding carboxylic acids is 2. The minimum Gasteiger partial charge on any atom is -0.324 e. The molecule has 0 saturated heterocycles. The number of hydrogen-bond donors (Lipinski definition) is 1. The lowest BCUT2D eigenvalue weighted by Crippen LogP contribution is -2.36. The minimum absolute atomic E-state index is 0.0313. The number of nitrogens with zero attached hydrogens (tertiary/aromatic N) is 2. The summed E-state index contributed by atoms with van der Waals surface area (Å²) in [5.41, 5.74) is 2.88. The van der Waals surface area contributed by atoms with Gasteiger partial charge in [0, 0.05) is 18.4 Å². The van der Waals surface area contributed by atoms with Crippen molar-refractivity contribution < 1.29 is 9.59 Å². The summed E-state index contributed by atoms with van der Waals surface area (Å²) < 4.78 is 0. The quantitative estimate of drug-likeness (QED) is 0.869.